The summed E-state index contributed by atoms with van der Waals surface area (Å²) in [7, 11) is 2.26. The van der Waals surface area contributed by atoms with Crippen molar-refractivity contribution in [1.82, 2.24) is 9.88 Å². The van der Waals surface area contributed by atoms with Crippen molar-refractivity contribution in [2.75, 3.05) is 50.8 Å². The third kappa shape index (κ3) is 4.42. The Hall–Kier alpha value is -1.67. The number of sulfone groups is 1. The highest BCUT2D eigenvalue weighted by molar-refractivity contribution is 7.91. The monoisotopic (exact) mass is 341 g/mol. The average molecular weight is 341 g/mol. The molecule has 1 aliphatic heterocycles. The fourth-order valence-electron chi connectivity index (χ4n) is 2.62. The summed E-state index contributed by atoms with van der Waals surface area (Å²) in [5.74, 6) is -0.122. The third-order valence-corrected chi connectivity index (χ3v) is 5.68. The van der Waals surface area contributed by atoms with E-state index in [9.17, 15) is 13.2 Å². The first-order valence-electron chi connectivity index (χ1n) is 7.48. The molecular formula is C15H23N3O4S. The van der Waals surface area contributed by atoms with E-state index in [1.54, 1.807) is 24.3 Å². The Labute approximate surface area is 137 Å². The van der Waals surface area contributed by atoms with Gasteiger partial charge in [0.2, 0.25) is 0 Å². The van der Waals surface area contributed by atoms with Crippen molar-refractivity contribution in [2.24, 2.45) is 0 Å². The fraction of sp³-hybridized carbons (Fsp3) is 0.600. The maximum atomic E-state index is 12.8. The number of anilines is 1. The summed E-state index contributed by atoms with van der Waals surface area (Å²) < 4.78 is 28.5. The highest BCUT2D eigenvalue weighted by Crippen LogP contribution is 2.20. The van der Waals surface area contributed by atoms with Crippen LogP contribution >= 0.6 is 0 Å². The molecule has 1 aromatic heterocycles. The van der Waals surface area contributed by atoms with E-state index in [-0.39, 0.29) is 23.5 Å². The highest BCUT2D eigenvalue weighted by Gasteiger charge is 2.35. The quantitative estimate of drug-likeness (QED) is 0.746. The van der Waals surface area contributed by atoms with Gasteiger partial charge in [-0.1, -0.05) is 0 Å². The molecular weight excluding hydrogens is 318 g/mol. The number of nitrogens with zero attached hydrogens (tertiary/aromatic N) is 3. The number of carbonyl (C=O) groups excluding carboxylic acids is 1. The van der Waals surface area contributed by atoms with Crippen molar-refractivity contribution in [3.63, 3.8) is 0 Å². The van der Waals surface area contributed by atoms with Gasteiger partial charge >= 0.3 is 0 Å². The largest absolute Gasteiger partial charge is 0.383 e. The summed E-state index contributed by atoms with van der Waals surface area (Å²) in [5.41, 5.74) is 1.19. The predicted octanol–water partition coefficient (Wildman–Crippen LogP) is 0.423. The first-order valence-corrected chi connectivity index (χ1v) is 9.30. The Bertz CT molecular complexity index is 660. The van der Waals surface area contributed by atoms with Crippen LogP contribution in [0.3, 0.4) is 0 Å². The van der Waals surface area contributed by atoms with E-state index >= 15 is 0 Å². The number of carbonyl (C=O) groups is 1. The molecule has 1 amide bonds. The van der Waals surface area contributed by atoms with Crippen molar-refractivity contribution in [2.45, 2.75) is 12.5 Å². The van der Waals surface area contributed by atoms with E-state index in [2.05, 4.69) is 4.98 Å². The molecule has 0 N–H and O–H groups in total. The number of hydrogen-bond donors (Lipinski definition) is 0. The number of amides is 1. The predicted molar refractivity (Wildman–Crippen MR) is 88.5 cm³/mol. The Balaban J connectivity index is 2.24. The van der Waals surface area contributed by atoms with Crippen molar-refractivity contribution in [1.29, 1.82) is 0 Å². The Morgan fingerprint density at radius 2 is 2.17 bits per heavy atom. The summed E-state index contributed by atoms with van der Waals surface area (Å²) in [6.45, 7) is 0.707. The van der Waals surface area contributed by atoms with Crippen molar-refractivity contribution in [3.05, 3.63) is 24.0 Å². The molecule has 0 radical (unpaired) electrons. The van der Waals surface area contributed by atoms with Crippen LogP contribution in [0, 0.1) is 0 Å². The van der Waals surface area contributed by atoms with Gasteiger partial charge in [0.05, 0.1) is 18.1 Å². The maximum absolute atomic E-state index is 12.8. The zero-order valence-electron chi connectivity index (χ0n) is 13.7. The summed E-state index contributed by atoms with van der Waals surface area (Å²) in [5, 5.41) is 0. The third-order valence-electron chi connectivity index (χ3n) is 3.93. The molecule has 1 saturated heterocycles. The van der Waals surface area contributed by atoms with Gasteiger partial charge < -0.3 is 14.5 Å². The normalized spacial score (nSPS) is 19.5. The molecule has 1 aliphatic rings. The lowest BCUT2D eigenvalue weighted by Crippen LogP contribution is -2.43. The highest BCUT2D eigenvalue weighted by atomic mass is 32.2. The topological polar surface area (TPSA) is 79.8 Å². The van der Waals surface area contributed by atoms with Gasteiger partial charge in [0.15, 0.2) is 9.84 Å². The number of ether oxygens (including phenoxy) is 1. The second kappa shape index (κ2) is 7.27. The Morgan fingerprint density at radius 1 is 1.43 bits per heavy atom. The van der Waals surface area contributed by atoms with Gasteiger partial charge in [-0.05, 0) is 18.6 Å². The molecule has 1 unspecified atom stereocenters. The molecule has 0 bridgehead atoms. The molecule has 2 rings (SSSR count). The molecule has 2 heterocycles. The fourth-order valence-corrected chi connectivity index (χ4v) is 4.35. The van der Waals surface area contributed by atoms with Gasteiger partial charge in [0.25, 0.3) is 5.91 Å². The van der Waals surface area contributed by atoms with Crippen LogP contribution in [-0.4, -0.2) is 76.1 Å². The molecule has 1 atom stereocenters. The molecule has 128 valence electrons. The van der Waals surface area contributed by atoms with Gasteiger partial charge in [-0.2, -0.15) is 0 Å². The lowest BCUT2D eigenvalue weighted by Gasteiger charge is -2.28. The molecule has 0 aromatic carbocycles. The molecule has 7 nitrogen and oxygen atoms in total. The number of methoxy groups -OCH3 is 1. The Morgan fingerprint density at radius 3 is 2.74 bits per heavy atom. The van der Waals surface area contributed by atoms with Gasteiger partial charge in [0, 0.05) is 45.7 Å². The SMILES string of the molecule is COCCN(C(=O)c1cc(N(C)C)ccn1)C1CCS(=O)(=O)C1. The summed E-state index contributed by atoms with van der Waals surface area (Å²) in [6.07, 6.45) is 2.05. The van der Waals surface area contributed by atoms with E-state index in [1.165, 1.54) is 0 Å². The molecule has 23 heavy (non-hydrogen) atoms. The van der Waals surface area contributed by atoms with Gasteiger partial charge in [0.1, 0.15) is 5.69 Å². The number of hydrogen-bond acceptors (Lipinski definition) is 6. The Kier molecular flexibility index (Phi) is 5.59. The zero-order valence-corrected chi connectivity index (χ0v) is 14.5. The minimum Gasteiger partial charge on any atom is -0.383 e. The van der Waals surface area contributed by atoms with E-state index in [1.807, 2.05) is 25.1 Å². The molecule has 8 heteroatoms. The van der Waals surface area contributed by atoms with E-state index < -0.39 is 9.84 Å². The second-order valence-corrected chi connectivity index (χ2v) is 8.07. The minimum atomic E-state index is -3.07. The van der Waals surface area contributed by atoms with Crippen molar-refractivity contribution in [3.8, 4) is 0 Å². The summed E-state index contributed by atoms with van der Waals surface area (Å²) in [6, 6.07) is 3.22. The lowest BCUT2D eigenvalue weighted by atomic mass is 10.2. The summed E-state index contributed by atoms with van der Waals surface area (Å²) in [4.78, 5) is 20.4. The molecule has 0 spiro atoms. The van der Waals surface area contributed by atoms with Crippen LogP contribution in [0.1, 0.15) is 16.9 Å². The number of pyridine rings is 1. The summed E-state index contributed by atoms with van der Waals surface area (Å²) >= 11 is 0. The minimum absolute atomic E-state index is 0.00975. The van der Waals surface area contributed by atoms with Crippen molar-refractivity contribution < 1.29 is 17.9 Å². The van der Waals surface area contributed by atoms with E-state index in [0.717, 1.165) is 5.69 Å². The number of aromatic nitrogens is 1. The van der Waals surface area contributed by atoms with Gasteiger partial charge in [-0.3, -0.25) is 9.78 Å². The van der Waals surface area contributed by atoms with Crippen LogP contribution in [0.4, 0.5) is 5.69 Å². The lowest BCUT2D eigenvalue weighted by molar-refractivity contribution is 0.0618. The first kappa shape index (κ1) is 17.7. The molecule has 0 aliphatic carbocycles. The smallest absolute Gasteiger partial charge is 0.272 e. The van der Waals surface area contributed by atoms with Crippen LogP contribution in [0.5, 0.6) is 0 Å². The first-order chi connectivity index (χ1) is 10.8. The van der Waals surface area contributed by atoms with Crippen LogP contribution in [-0.2, 0) is 14.6 Å². The van der Waals surface area contributed by atoms with Crippen LogP contribution in [0.15, 0.2) is 18.3 Å². The second-order valence-electron chi connectivity index (χ2n) is 5.84. The van der Waals surface area contributed by atoms with E-state index in [4.69, 9.17) is 4.74 Å². The van der Waals surface area contributed by atoms with Crippen LogP contribution < -0.4 is 4.90 Å². The van der Waals surface area contributed by atoms with Crippen molar-refractivity contribution >= 4 is 21.4 Å². The van der Waals surface area contributed by atoms with Crippen LogP contribution in [0.25, 0.3) is 0 Å². The van der Waals surface area contributed by atoms with E-state index in [0.29, 0.717) is 25.3 Å². The zero-order chi connectivity index (χ0) is 17.0. The standard InChI is InChI=1S/C15H23N3O4S/c1-17(2)12-4-6-16-14(10-12)15(19)18(7-8-22-3)13-5-9-23(20,21)11-13/h4,6,10,13H,5,7-9,11H2,1-3H3. The van der Waals surface area contributed by atoms with Gasteiger partial charge in [-0.25, -0.2) is 8.42 Å². The number of rotatable bonds is 6. The molecule has 1 aromatic rings. The molecule has 1 fully saturated rings. The molecule has 0 saturated carbocycles. The maximum Gasteiger partial charge on any atom is 0.272 e. The van der Waals surface area contributed by atoms with Gasteiger partial charge in [-0.15, -0.1) is 0 Å². The van der Waals surface area contributed by atoms with Crippen LogP contribution in [0.2, 0.25) is 0 Å². The average Bonchev–Trinajstić information content (AvgIpc) is 2.87.